The molecule has 2 aromatic rings. The summed E-state index contributed by atoms with van der Waals surface area (Å²) in [5.74, 6) is -0.611. The van der Waals surface area contributed by atoms with Gasteiger partial charge in [0.05, 0.1) is 6.04 Å². The van der Waals surface area contributed by atoms with Crippen LogP contribution in [0.2, 0.25) is 18.1 Å². The standard InChI is InChI=1S/C26H34N2O5Si/c1-25(2,3)34(6,7)33-26-18(14-11-15-19(26)29)21(28(4)5)22-20(23(26)30)24(27-32-22)31-16-17-12-9-8-10-13-17/h8-13,15,18,21H,14,16H2,1-7H3/t18-,21+,26+/m1/s1. The number of allylic oxidation sites excluding steroid dienone is 1. The van der Waals surface area contributed by atoms with Gasteiger partial charge in [-0.3, -0.25) is 14.5 Å². The lowest BCUT2D eigenvalue weighted by atomic mass is 9.65. The third-order valence-electron chi connectivity index (χ3n) is 7.45. The van der Waals surface area contributed by atoms with E-state index in [2.05, 4.69) is 39.0 Å². The van der Waals surface area contributed by atoms with Gasteiger partial charge in [0.25, 0.3) is 5.88 Å². The summed E-state index contributed by atoms with van der Waals surface area (Å²) in [5.41, 5.74) is -0.475. The molecule has 0 radical (unpaired) electrons. The van der Waals surface area contributed by atoms with Crippen molar-refractivity contribution >= 4 is 19.9 Å². The van der Waals surface area contributed by atoms with E-state index in [4.69, 9.17) is 13.7 Å². The number of ketones is 2. The Morgan fingerprint density at radius 3 is 2.47 bits per heavy atom. The molecule has 1 heterocycles. The summed E-state index contributed by atoms with van der Waals surface area (Å²) in [7, 11) is 1.29. The number of Topliss-reactive ketones (excluding diaryl/α,β-unsaturated/α-hetero) is 1. The van der Waals surface area contributed by atoms with Gasteiger partial charge < -0.3 is 13.7 Å². The fourth-order valence-corrected chi connectivity index (χ4v) is 6.09. The molecule has 2 aliphatic rings. The second kappa shape index (κ2) is 8.59. The van der Waals surface area contributed by atoms with Crippen molar-refractivity contribution in [1.82, 2.24) is 10.1 Å². The third kappa shape index (κ3) is 3.87. The van der Waals surface area contributed by atoms with Gasteiger partial charge in [0.2, 0.25) is 5.78 Å². The van der Waals surface area contributed by atoms with Crippen LogP contribution in [0.4, 0.5) is 0 Å². The molecule has 4 rings (SSSR count). The molecule has 0 saturated heterocycles. The molecule has 182 valence electrons. The number of benzene rings is 1. The highest BCUT2D eigenvalue weighted by Gasteiger charge is 2.65. The molecule has 0 spiro atoms. The zero-order valence-electron chi connectivity index (χ0n) is 21.0. The Hall–Kier alpha value is -2.55. The first kappa shape index (κ1) is 24.6. The van der Waals surface area contributed by atoms with Crippen LogP contribution in [0.15, 0.2) is 47.0 Å². The number of fused-ring (bicyclic) bond motifs is 2. The first-order valence-corrected chi connectivity index (χ1v) is 14.6. The number of ether oxygens (including phenoxy) is 1. The average molecular weight is 483 g/mol. The van der Waals surface area contributed by atoms with Gasteiger partial charge in [0, 0.05) is 5.92 Å². The number of hydrogen-bond acceptors (Lipinski definition) is 7. The molecule has 3 atom stereocenters. The van der Waals surface area contributed by atoms with E-state index in [9.17, 15) is 9.59 Å². The van der Waals surface area contributed by atoms with E-state index in [1.165, 1.54) is 6.08 Å². The lowest BCUT2D eigenvalue weighted by Crippen LogP contribution is -2.65. The van der Waals surface area contributed by atoms with E-state index >= 15 is 0 Å². The minimum Gasteiger partial charge on any atom is -0.470 e. The first-order chi connectivity index (χ1) is 15.9. The Balaban J connectivity index is 1.84. The van der Waals surface area contributed by atoms with Crippen LogP contribution in [0.3, 0.4) is 0 Å². The summed E-state index contributed by atoms with van der Waals surface area (Å²) in [6.45, 7) is 10.7. The average Bonchev–Trinajstić information content (AvgIpc) is 3.17. The van der Waals surface area contributed by atoms with Crippen molar-refractivity contribution in [3.63, 3.8) is 0 Å². The van der Waals surface area contributed by atoms with Crippen molar-refractivity contribution in [3.8, 4) is 5.88 Å². The van der Waals surface area contributed by atoms with Gasteiger partial charge in [0.15, 0.2) is 25.5 Å². The van der Waals surface area contributed by atoms with Crippen molar-refractivity contribution in [2.24, 2.45) is 5.92 Å². The van der Waals surface area contributed by atoms with E-state index in [-0.39, 0.29) is 34.9 Å². The highest BCUT2D eigenvalue weighted by molar-refractivity contribution is 6.74. The maximum Gasteiger partial charge on any atom is 0.265 e. The number of carbonyl (C=O) groups is 2. The fraction of sp³-hybridized carbons (Fsp3) is 0.500. The third-order valence-corrected chi connectivity index (χ3v) is 11.9. The number of rotatable bonds is 6. The Labute approximate surface area is 202 Å². The van der Waals surface area contributed by atoms with Gasteiger partial charge in [-0.15, -0.1) is 0 Å². The van der Waals surface area contributed by atoms with E-state index in [1.807, 2.05) is 55.4 Å². The molecule has 2 aliphatic carbocycles. The Morgan fingerprint density at radius 2 is 1.85 bits per heavy atom. The summed E-state index contributed by atoms with van der Waals surface area (Å²) in [4.78, 5) is 29.9. The number of carbonyl (C=O) groups excluding carboxylic acids is 2. The first-order valence-electron chi connectivity index (χ1n) is 11.7. The van der Waals surface area contributed by atoms with Crippen LogP contribution in [0.25, 0.3) is 0 Å². The van der Waals surface area contributed by atoms with Crippen molar-refractivity contribution in [2.75, 3.05) is 14.1 Å². The Bertz CT molecular complexity index is 1120. The SMILES string of the molecule is CN(C)[C@@H]1c2onc(OCc3ccccc3)c2C(=O)[C@@]2(O[Si](C)(C)C(C)(C)C)C(=O)C=CC[C@H]12. The van der Waals surface area contributed by atoms with Crippen molar-refractivity contribution in [2.45, 2.75) is 63.6 Å². The number of aromatic nitrogens is 1. The summed E-state index contributed by atoms with van der Waals surface area (Å²) < 4.78 is 18.5. The van der Waals surface area contributed by atoms with Crippen molar-refractivity contribution < 1.29 is 23.3 Å². The predicted molar refractivity (Wildman–Crippen MR) is 131 cm³/mol. The van der Waals surface area contributed by atoms with Gasteiger partial charge >= 0.3 is 0 Å². The maximum atomic E-state index is 14.3. The zero-order chi connectivity index (χ0) is 24.9. The Kier molecular flexibility index (Phi) is 6.21. The topological polar surface area (TPSA) is 81.9 Å². The van der Waals surface area contributed by atoms with Crippen molar-refractivity contribution in [3.05, 3.63) is 59.4 Å². The molecule has 1 aromatic carbocycles. The molecule has 0 unspecified atom stereocenters. The quantitative estimate of drug-likeness (QED) is 0.425. The monoisotopic (exact) mass is 482 g/mol. The molecule has 0 bridgehead atoms. The fourth-order valence-electron chi connectivity index (χ4n) is 4.64. The molecule has 0 aliphatic heterocycles. The molecule has 0 N–H and O–H groups in total. The highest BCUT2D eigenvalue weighted by atomic mass is 28.4. The summed E-state index contributed by atoms with van der Waals surface area (Å²) in [6, 6.07) is 9.27. The number of hydrogen-bond donors (Lipinski definition) is 0. The molecule has 7 nitrogen and oxygen atoms in total. The van der Waals surface area contributed by atoms with Gasteiger partial charge in [0.1, 0.15) is 12.2 Å². The molecule has 34 heavy (non-hydrogen) atoms. The van der Waals surface area contributed by atoms with Crippen molar-refractivity contribution in [1.29, 1.82) is 0 Å². The molecule has 0 fully saturated rings. The second-order valence-electron chi connectivity index (χ2n) is 10.9. The van der Waals surface area contributed by atoms with Gasteiger partial charge in [-0.25, -0.2) is 0 Å². The molecular weight excluding hydrogens is 448 g/mol. The molecule has 8 heteroatoms. The van der Waals surface area contributed by atoms with E-state index < -0.39 is 25.6 Å². The van der Waals surface area contributed by atoms with E-state index in [1.54, 1.807) is 0 Å². The highest BCUT2D eigenvalue weighted by Crippen LogP contribution is 2.53. The summed E-state index contributed by atoms with van der Waals surface area (Å²) in [5, 5.41) is 3.94. The lowest BCUT2D eigenvalue weighted by molar-refractivity contribution is -0.135. The van der Waals surface area contributed by atoms with Crippen LogP contribution in [-0.4, -0.2) is 49.6 Å². The largest absolute Gasteiger partial charge is 0.470 e. The predicted octanol–water partition coefficient (Wildman–Crippen LogP) is 4.96. The lowest BCUT2D eigenvalue weighted by Gasteiger charge is -2.51. The van der Waals surface area contributed by atoms with Crippen LogP contribution in [0.1, 0.15) is 54.9 Å². The van der Waals surface area contributed by atoms with Crippen LogP contribution in [0, 0.1) is 5.92 Å². The van der Waals surface area contributed by atoms with Gasteiger partial charge in [-0.1, -0.05) is 57.2 Å². The van der Waals surface area contributed by atoms with Gasteiger partial charge in [-0.2, -0.15) is 0 Å². The minimum atomic E-state index is -2.53. The maximum absolute atomic E-state index is 14.3. The zero-order valence-corrected chi connectivity index (χ0v) is 22.0. The molecule has 0 saturated carbocycles. The van der Waals surface area contributed by atoms with Crippen LogP contribution < -0.4 is 4.74 Å². The van der Waals surface area contributed by atoms with Crippen LogP contribution in [-0.2, 0) is 15.8 Å². The smallest absolute Gasteiger partial charge is 0.265 e. The van der Waals surface area contributed by atoms with E-state index in [0.717, 1.165) is 5.56 Å². The van der Waals surface area contributed by atoms with E-state index in [0.29, 0.717) is 12.2 Å². The Morgan fingerprint density at radius 1 is 1.18 bits per heavy atom. The summed E-state index contributed by atoms with van der Waals surface area (Å²) >= 11 is 0. The van der Waals surface area contributed by atoms with Gasteiger partial charge in [-0.05, 0) is 55.4 Å². The second-order valence-corrected chi connectivity index (χ2v) is 15.7. The minimum absolute atomic E-state index is 0.106. The van der Waals surface area contributed by atoms with Crippen LogP contribution in [0.5, 0.6) is 5.88 Å². The molecule has 1 aromatic heterocycles. The molecular formula is C26H34N2O5Si. The normalized spacial score (nSPS) is 24.8. The molecule has 0 amide bonds. The number of nitrogens with zero attached hydrogens (tertiary/aromatic N) is 2. The van der Waals surface area contributed by atoms with Crippen LogP contribution >= 0.6 is 0 Å². The summed E-state index contributed by atoms with van der Waals surface area (Å²) in [6.07, 6.45) is 3.85.